The maximum atomic E-state index is 12.8. The molecule has 4 nitrogen and oxygen atoms in total. The molecule has 0 spiro atoms. The van der Waals surface area contributed by atoms with E-state index in [9.17, 15) is 9.59 Å². The van der Waals surface area contributed by atoms with Crippen molar-refractivity contribution >= 4 is 11.9 Å². The van der Waals surface area contributed by atoms with Crippen molar-refractivity contribution in [2.24, 2.45) is 10.8 Å². The maximum absolute atomic E-state index is 12.8. The van der Waals surface area contributed by atoms with Crippen LogP contribution in [0.5, 0.6) is 0 Å². The van der Waals surface area contributed by atoms with Gasteiger partial charge >= 0.3 is 11.9 Å². The van der Waals surface area contributed by atoms with Gasteiger partial charge in [0.05, 0.1) is 12.2 Å². The van der Waals surface area contributed by atoms with Gasteiger partial charge < -0.3 is 9.47 Å². The molecule has 4 heteroatoms. The van der Waals surface area contributed by atoms with Gasteiger partial charge in [0.2, 0.25) is 0 Å². The molecular formula is C18H26O4. The average molecular weight is 306 g/mol. The molecule has 0 aromatic rings. The Kier molecular flexibility index (Phi) is 4.78. The molecule has 0 amide bonds. The third-order valence-corrected chi connectivity index (χ3v) is 4.47. The minimum absolute atomic E-state index is 0.207. The molecule has 0 N–H and O–H groups in total. The Balaban J connectivity index is 2.45. The summed E-state index contributed by atoms with van der Waals surface area (Å²) >= 11 is 0. The van der Waals surface area contributed by atoms with Crippen molar-refractivity contribution in [1.29, 1.82) is 0 Å². The normalized spacial score (nSPS) is 30.3. The predicted octanol–water partition coefficient (Wildman–Crippen LogP) is 3.56. The lowest BCUT2D eigenvalue weighted by atomic mass is 9.54. The molecular weight excluding hydrogens is 280 g/mol. The fourth-order valence-corrected chi connectivity index (χ4v) is 3.50. The summed E-state index contributed by atoms with van der Waals surface area (Å²) in [7, 11) is 0. The Bertz CT molecular complexity index is 457. The molecule has 0 bridgehead atoms. The maximum Gasteiger partial charge on any atom is 0.317 e. The number of hydrogen-bond donors (Lipinski definition) is 0. The molecule has 0 heterocycles. The van der Waals surface area contributed by atoms with Crippen molar-refractivity contribution in [3.8, 4) is 0 Å². The van der Waals surface area contributed by atoms with Gasteiger partial charge in [-0.15, -0.1) is 0 Å². The first-order chi connectivity index (χ1) is 10.3. The second-order valence-corrected chi connectivity index (χ2v) is 6.78. The van der Waals surface area contributed by atoms with Gasteiger partial charge in [0.25, 0.3) is 0 Å². The molecule has 22 heavy (non-hydrogen) atoms. The fourth-order valence-electron chi connectivity index (χ4n) is 3.50. The van der Waals surface area contributed by atoms with Gasteiger partial charge in [-0.25, -0.2) is 0 Å². The lowest BCUT2D eigenvalue weighted by Gasteiger charge is -2.48. The van der Waals surface area contributed by atoms with Crippen LogP contribution in [0.15, 0.2) is 24.3 Å². The molecule has 2 atom stereocenters. The van der Waals surface area contributed by atoms with Crippen molar-refractivity contribution in [2.45, 2.75) is 65.6 Å². The van der Waals surface area contributed by atoms with E-state index >= 15 is 0 Å². The van der Waals surface area contributed by atoms with Crippen LogP contribution in [0.4, 0.5) is 0 Å². The summed E-state index contributed by atoms with van der Waals surface area (Å²) in [6.45, 7) is 7.31. The van der Waals surface area contributed by atoms with Crippen LogP contribution in [-0.4, -0.2) is 24.1 Å². The largest absolute Gasteiger partial charge is 0.462 e. The fraction of sp³-hybridized carbons (Fsp3) is 0.667. The SMILES string of the molecule is CC(C)OC(=O)[C@@]12C=CC=C[C@]1(C(=O)OC(C)C)CCCC2. The number of fused-ring (bicyclic) bond motifs is 1. The molecule has 0 saturated heterocycles. The Morgan fingerprint density at radius 1 is 0.818 bits per heavy atom. The van der Waals surface area contributed by atoms with E-state index in [0.717, 1.165) is 12.8 Å². The average Bonchev–Trinajstić information content (AvgIpc) is 2.45. The molecule has 0 radical (unpaired) electrons. The zero-order valence-electron chi connectivity index (χ0n) is 13.9. The van der Waals surface area contributed by atoms with Crippen molar-refractivity contribution in [2.75, 3.05) is 0 Å². The number of esters is 2. The quantitative estimate of drug-likeness (QED) is 0.745. The van der Waals surface area contributed by atoms with E-state index in [-0.39, 0.29) is 24.1 Å². The third-order valence-electron chi connectivity index (χ3n) is 4.47. The Labute approximate surface area is 132 Å². The minimum atomic E-state index is -0.934. The number of rotatable bonds is 4. The van der Waals surface area contributed by atoms with Crippen LogP contribution in [0, 0.1) is 10.8 Å². The van der Waals surface area contributed by atoms with E-state index < -0.39 is 10.8 Å². The molecule has 0 aromatic carbocycles. The summed E-state index contributed by atoms with van der Waals surface area (Å²) in [5.41, 5.74) is -1.87. The van der Waals surface area contributed by atoms with E-state index in [1.54, 1.807) is 0 Å². The first kappa shape index (κ1) is 16.8. The lowest BCUT2D eigenvalue weighted by Crippen LogP contribution is -2.55. The molecule has 0 unspecified atom stereocenters. The molecule has 2 aliphatic rings. The number of carbonyl (C=O) groups excluding carboxylic acids is 2. The summed E-state index contributed by atoms with van der Waals surface area (Å²) in [6, 6.07) is 0. The first-order valence-corrected chi connectivity index (χ1v) is 8.13. The van der Waals surface area contributed by atoms with Gasteiger partial charge in [0.1, 0.15) is 10.8 Å². The highest BCUT2D eigenvalue weighted by molar-refractivity contribution is 5.92. The first-order valence-electron chi connectivity index (χ1n) is 8.13. The predicted molar refractivity (Wildman–Crippen MR) is 84.1 cm³/mol. The summed E-state index contributed by atoms with van der Waals surface area (Å²) in [4.78, 5) is 25.7. The molecule has 2 aliphatic carbocycles. The zero-order chi connectivity index (χ0) is 16.4. The Hall–Kier alpha value is -1.58. The monoisotopic (exact) mass is 306 g/mol. The second-order valence-electron chi connectivity index (χ2n) is 6.78. The topological polar surface area (TPSA) is 52.6 Å². The van der Waals surface area contributed by atoms with Crippen molar-refractivity contribution in [1.82, 2.24) is 0 Å². The number of hydrogen-bond acceptors (Lipinski definition) is 4. The third kappa shape index (κ3) is 2.71. The van der Waals surface area contributed by atoms with Crippen molar-refractivity contribution in [3.05, 3.63) is 24.3 Å². The minimum Gasteiger partial charge on any atom is -0.462 e. The van der Waals surface area contributed by atoms with Crippen LogP contribution in [0.1, 0.15) is 53.4 Å². The van der Waals surface area contributed by atoms with Crippen LogP contribution in [0.2, 0.25) is 0 Å². The van der Waals surface area contributed by atoms with E-state index in [1.165, 1.54) is 0 Å². The highest BCUT2D eigenvalue weighted by atomic mass is 16.6. The summed E-state index contributed by atoms with van der Waals surface area (Å²) < 4.78 is 11.0. The molecule has 0 aromatic heterocycles. The van der Waals surface area contributed by atoms with E-state index in [1.807, 2.05) is 52.0 Å². The molecule has 2 rings (SSSR count). The van der Waals surface area contributed by atoms with E-state index in [2.05, 4.69) is 0 Å². The van der Waals surface area contributed by atoms with Gasteiger partial charge in [-0.3, -0.25) is 9.59 Å². The Morgan fingerprint density at radius 3 is 1.50 bits per heavy atom. The van der Waals surface area contributed by atoms with Crippen LogP contribution >= 0.6 is 0 Å². The molecule has 122 valence electrons. The molecule has 1 fully saturated rings. The van der Waals surface area contributed by atoms with E-state index in [0.29, 0.717) is 12.8 Å². The summed E-state index contributed by atoms with van der Waals surface area (Å²) in [5, 5.41) is 0. The smallest absolute Gasteiger partial charge is 0.317 e. The molecule has 1 saturated carbocycles. The zero-order valence-corrected chi connectivity index (χ0v) is 13.9. The summed E-state index contributed by atoms with van der Waals surface area (Å²) in [6.07, 6.45) is 10.0. The second kappa shape index (κ2) is 6.27. The molecule has 0 aliphatic heterocycles. The standard InChI is InChI=1S/C18H26O4/c1-13(2)21-15(19)17-9-5-7-11-18(17,12-8-6-10-17)16(20)22-14(3)4/h5,7,9,11,13-14H,6,8,10,12H2,1-4H3/t17-,18+. The van der Waals surface area contributed by atoms with Gasteiger partial charge in [-0.2, -0.15) is 0 Å². The summed E-state index contributed by atoms with van der Waals surface area (Å²) in [5.74, 6) is -0.632. The van der Waals surface area contributed by atoms with Crippen LogP contribution in [-0.2, 0) is 19.1 Å². The highest BCUT2D eigenvalue weighted by Crippen LogP contribution is 2.56. The lowest BCUT2D eigenvalue weighted by molar-refractivity contribution is -0.181. The van der Waals surface area contributed by atoms with Crippen LogP contribution in [0.3, 0.4) is 0 Å². The number of allylic oxidation sites excluding steroid dienone is 2. The highest BCUT2D eigenvalue weighted by Gasteiger charge is 2.61. The van der Waals surface area contributed by atoms with Gasteiger partial charge in [0, 0.05) is 0 Å². The van der Waals surface area contributed by atoms with Crippen molar-refractivity contribution in [3.63, 3.8) is 0 Å². The van der Waals surface area contributed by atoms with Crippen molar-refractivity contribution < 1.29 is 19.1 Å². The van der Waals surface area contributed by atoms with Gasteiger partial charge in [-0.1, -0.05) is 37.1 Å². The number of ether oxygens (including phenoxy) is 2. The van der Waals surface area contributed by atoms with Crippen LogP contribution in [0.25, 0.3) is 0 Å². The van der Waals surface area contributed by atoms with Gasteiger partial charge in [-0.05, 0) is 40.5 Å². The Morgan fingerprint density at radius 2 is 1.18 bits per heavy atom. The van der Waals surface area contributed by atoms with Gasteiger partial charge in [0.15, 0.2) is 0 Å². The van der Waals surface area contributed by atoms with Crippen LogP contribution < -0.4 is 0 Å². The van der Waals surface area contributed by atoms with E-state index in [4.69, 9.17) is 9.47 Å². The number of carbonyl (C=O) groups is 2.